The molecule has 136 valence electrons. The lowest BCUT2D eigenvalue weighted by Crippen LogP contribution is -2.50. The zero-order valence-electron chi connectivity index (χ0n) is 14.9. The number of piperazine rings is 1. The minimum absolute atomic E-state index is 0.0510. The van der Waals surface area contributed by atoms with Crippen LogP contribution in [-0.2, 0) is 11.2 Å². The summed E-state index contributed by atoms with van der Waals surface area (Å²) in [6.45, 7) is 2.20. The van der Waals surface area contributed by atoms with Crippen molar-refractivity contribution in [3.05, 3.63) is 59.9 Å². The van der Waals surface area contributed by atoms with E-state index < -0.39 is 0 Å². The third kappa shape index (κ3) is 4.20. The zero-order valence-corrected chi connectivity index (χ0v) is 14.9. The number of nitrogens with zero attached hydrogens (tertiary/aromatic N) is 3. The summed E-state index contributed by atoms with van der Waals surface area (Å²) >= 11 is 0. The van der Waals surface area contributed by atoms with Crippen molar-refractivity contribution in [1.29, 1.82) is 0 Å². The molecule has 1 aliphatic heterocycles. The van der Waals surface area contributed by atoms with Crippen LogP contribution in [0.15, 0.2) is 48.8 Å². The molecule has 6 heteroatoms. The van der Waals surface area contributed by atoms with Crippen molar-refractivity contribution >= 4 is 11.8 Å². The number of hydrogen-bond acceptors (Lipinski definition) is 4. The first-order chi connectivity index (χ1) is 12.7. The average Bonchev–Trinajstić information content (AvgIpc) is 2.72. The van der Waals surface area contributed by atoms with Crippen LogP contribution in [-0.4, -0.2) is 59.9 Å². The summed E-state index contributed by atoms with van der Waals surface area (Å²) in [6.07, 6.45) is 4.67. The fourth-order valence-electron chi connectivity index (χ4n) is 3.11. The molecule has 3 rings (SSSR count). The Balaban J connectivity index is 1.52. The first-order valence-electron chi connectivity index (χ1n) is 8.78. The van der Waals surface area contributed by atoms with Crippen molar-refractivity contribution in [1.82, 2.24) is 14.8 Å². The first-order valence-corrected chi connectivity index (χ1v) is 8.78. The summed E-state index contributed by atoms with van der Waals surface area (Å²) in [5.74, 6) is 0.649. The summed E-state index contributed by atoms with van der Waals surface area (Å²) in [7, 11) is 1.56. The molecule has 0 N–H and O–H groups in total. The first kappa shape index (κ1) is 17.9. The summed E-state index contributed by atoms with van der Waals surface area (Å²) in [5, 5.41) is 0. The normalized spacial score (nSPS) is 14.2. The smallest absolute Gasteiger partial charge is 0.257 e. The standard InChI is InChI=1S/C20H23N3O3/c1-26-18-7-3-2-6-17(18)20(25)23-13-11-22(12-14-23)19(24)9-8-16-5-4-10-21-15-16/h2-7,10,15H,8-9,11-14H2,1H3. The number of ether oxygens (including phenoxy) is 1. The molecule has 0 atom stereocenters. The van der Waals surface area contributed by atoms with E-state index in [4.69, 9.17) is 4.74 Å². The van der Waals surface area contributed by atoms with Gasteiger partial charge in [-0.1, -0.05) is 18.2 Å². The van der Waals surface area contributed by atoms with E-state index >= 15 is 0 Å². The van der Waals surface area contributed by atoms with Crippen LogP contribution in [0.3, 0.4) is 0 Å². The maximum Gasteiger partial charge on any atom is 0.257 e. The molecule has 0 aliphatic carbocycles. The van der Waals surface area contributed by atoms with Crippen LogP contribution in [0.4, 0.5) is 0 Å². The highest BCUT2D eigenvalue weighted by Crippen LogP contribution is 2.20. The quantitative estimate of drug-likeness (QED) is 0.825. The SMILES string of the molecule is COc1ccccc1C(=O)N1CCN(C(=O)CCc2cccnc2)CC1. The number of amides is 2. The van der Waals surface area contributed by atoms with Crippen molar-refractivity contribution in [3.63, 3.8) is 0 Å². The van der Waals surface area contributed by atoms with Gasteiger partial charge < -0.3 is 14.5 Å². The van der Waals surface area contributed by atoms with Gasteiger partial charge in [0.2, 0.25) is 5.91 Å². The van der Waals surface area contributed by atoms with Crippen LogP contribution in [0, 0.1) is 0 Å². The van der Waals surface area contributed by atoms with Crippen LogP contribution in [0.25, 0.3) is 0 Å². The van der Waals surface area contributed by atoms with E-state index in [1.54, 1.807) is 36.5 Å². The maximum atomic E-state index is 12.7. The molecule has 0 saturated carbocycles. The second kappa shape index (κ2) is 8.47. The number of carbonyl (C=O) groups is 2. The lowest BCUT2D eigenvalue weighted by molar-refractivity contribution is -0.132. The number of aryl methyl sites for hydroxylation is 1. The Morgan fingerprint density at radius 2 is 1.77 bits per heavy atom. The molecule has 0 radical (unpaired) electrons. The Labute approximate surface area is 153 Å². The number of para-hydroxylation sites is 1. The maximum absolute atomic E-state index is 12.7. The number of benzene rings is 1. The third-order valence-electron chi connectivity index (χ3n) is 4.61. The highest BCUT2D eigenvalue weighted by molar-refractivity contribution is 5.97. The molecule has 1 aromatic carbocycles. The van der Waals surface area contributed by atoms with Crippen molar-refractivity contribution in [2.75, 3.05) is 33.3 Å². The van der Waals surface area contributed by atoms with Gasteiger partial charge in [0.15, 0.2) is 0 Å². The minimum atomic E-state index is -0.0510. The van der Waals surface area contributed by atoms with Crippen molar-refractivity contribution in [2.24, 2.45) is 0 Å². The highest BCUT2D eigenvalue weighted by atomic mass is 16.5. The Kier molecular flexibility index (Phi) is 5.84. The Bertz CT molecular complexity index is 756. The molecule has 0 bridgehead atoms. The van der Waals surface area contributed by atoms with Gasteiger partial charge in [-0.05, 0) is 30.2 Å². The van der Waals surface area contributed by atoms with Crippen LogP contribution >= 0.6 is 0 Å². The van der Waals surface area contributed by atoms with E-state index in [1.165, 1.54) is 0 Å². The number of carbonyl (C=O) groups excluding carboxylic acids is 2. The van der Waals surface area contributed by atoms with E-state index in [9.17, 15) is 9.59 Å². The molecule has 1 saturated heterocycles. The second-order valence-electron chi connectivity index (χ2n) is 6.23. The molecular formula is C20H23N3O3. The lowest BCUT2D eigenvalue weighted by Gasteiger charge is -2.35. The summed E-state index contributed by atoms with van der Waals surface area (Å²) in [6, 6.07) is 11.1. The topological polar surface area (TPSA) is 62.7 Å². The van der Waals surface area contributed by atoms with Crippen LogP contribution in [0.2, 0.25) is 0 Å². The van der Waals surface area contributed by atoms with Gasteiger partial charge in [-0.15, -0.1) is 0 Å². The van der Waals surface area contributed by atoms with E-state index in [0.717, 1.165) is 5.56 Å². The monoisotopic (exact) mass is 353 g/mol. The largest absolute Gasteiger partial charge is 0.496 e. The number of aromatic nitrogens is 1. The molecule has 0 spiro atoms. The molecule has 1 fully saturated rings. The molecular weight excluding hydrogens is 330 g/mol. The average molecular weight is 353 g/mol. The third-order valence-corrected chi connectivity index (χ3v) is 4.61. The van der Waals surface area contributed by atoms with E-state index in [0.29, 0.717) is 50.3 Å². The molecule has 1 aliphatic rings. The van der Waals surface area contributed by atoms with Gasteiger partial charge in [0.05, 0.1) is 12.7 Å². The molecule has 26 heavy (non-hydrogen) atoms. The number of rotatable bonds is 5. The van der Waals surface area contributed by atoms with Gasteiger partial charge >= 0.3 is 0 Å². The molecule has 2 heterocycles. The van der Waals surface area contributed by atoms with E-state index in [2.05, 4.69) is 4.98 Å². The summed E-state index contributed by atoms with van der Waals surface area (Å²) in [5.41, 5.74) is 1.62. The van der Waals surface area contributed by atoms with Crippen LogP contribution < -0.4 is 4.74 Å². The minimum Gasteiger partial charge on any atom is -0.496 e. The fraction of sp³-hybridized carbons (Fsp3) is 0.350. The summed E-state index contributed by atoms with van der Waals surface area (Å²) in [4.78, 5) is 32.8. The van der Waals surface area contributed by atoms with Gasteiger partial charge in [-0.25, -0.2) is 0 Å². The molecule has 2 aromatic rings. The van der Waals surface area contributed by atoms with E-state index in [-0.39, 0.29) is 11.8 Å². The predicted molar refractivity (Wildman–Crippen MR) is 98.0 cm³/mol. The second-order valence-corrected chi connectivity index (χ2v) is 6.23. The number of pyridine rings is 1. The Morgan fingerprint density at radius 3 is 2.46 bits per heavy atom. The molecule has 2 amide bonds. The lowest BCUT2D eigenvalue weighted by atomic mass is 10.1. The van der Waals surface area contributed by atoms with Gasteiger partial charge in [0.25, 0.3) is 5.91 Å². The van der Waals surface area contributed by atoms with Crippen LogP contribution in [0.1, 0.15) is 22.3 Å². The van der Waals surface area contributed by atoms with Crippen molar-refractivity contribution in [2.45, 2.75) is 12.8 Å². The van der Waals surface area contributed by atoms with Crippen molar-refractivity contribution in [3.8, 4) is 5.75 Å². The fourth-order valence-corrected chi connectivity index (χ4v) is 3.11. The molecule has 0 unspecified atom stereocenters. The number of methoxy groups -OCH3 is 1. The van der Waals surface area contributed by atoms with Crippen molar-refractivity contribution < 1.29 is 14.3 Å². The summed E-state index contributed by atoms with van der Waals surface area (Å²) < 4.78 is 5.27. The van der Waals surface area contributed by atoms with Gasteiger partial charge in [0, 0.05) is 45.0 Å². The Hall–Kier alpha value is -2.89. The van der Waals surface area contributed by atoms with E-state index in [1.807, 2.05) is 29.2 Å². The van der Waals surface area contributed by atoms with Gasteiger partial charge in [-0.2, -0.15) is 0 Å². The molecule has 1 aromatic heterocycles. The van der Waals surface area contributed by atoms with Gasteiger partial charge in [-0.3, -0.25) is 14.6 Å². The molecule has 6 nitrogen and oxygen atoms in total. The van der Waals surface area contributed by atoms with Crippen LogP contribution in [0.5, 0.6) is 5.75 Å². The predicted octanol–water partition coefficient (Wildman–Crippen LogP) is 2.01. The van der Waals surface area contributed by atoms with Gasteiger partial charge in [0.1, 0.15) is 5.75 Å². The number of hydrogen-bond donors (Lipinski definition) is 0. The Morgan fingerprint density at radius 1 is 1.04 bits per heavy atom. The highest BCUT2D eigenvalue weighted by Gasteiger charge is 2.26. The zero-order chi connectivity index (χ0) is 18.4.